The Bertz CT molecular complexity index is 1120. The first-order chi connectivity index (χ1) is 13.5. The minimum Gasteiger partial charge on any atom is -0.545 e. The fraction of sp³-hybridized carbons (Fsp3) is 0.182. The van der Waals surface area contributed by atoms with Crippen LogP contribution in [-0.4, -0.2) is 24.0 Å². The average Bonchev–Trinajstić information content (AvgIpc) is 2.67. The maximum absolute atomic E-state index is 12.0. The van der Waals surface area contributed by atoms with Crippen molar-refractivity contribution in [3.05, 3.63) is 74.9 Å². The summed E-state index contributed by atoms with van der Waals surface area (Å²) >= 11 is 12.4. The van der Waals surface area contributed by atoms with Crippen LogP contribution in [0.3, 0.4) is 0 Å². The van der Waals surface area contributed by atoms with E-state index in [9.17, 15) is 9.90 Å². The van der Waals surface area contributed by atoms with E-state index in [4.69, 9.17) is 28.2 Å². The number of likely N-dealkylation sites (N-methyl/N-ethyl adjacent to an activating group) is 1. The van der Waals surface area contributed by atoms with Crippen LogP contribution in [0.4, 0.5) is 0 Å². The highest BCUT2D eigenvalue weighted by atomic mass is 35.5. The van der Waals surface area contributed by atoms with Crippen molar-refractivity contribution in [2.45, 2.75) is 13.5 Å². The molecule has 142 valence electrons. The molecule has 0 saturated carbocycles. The van der Waals surface area contributed by atoms with E-state index in [1.165, 1.54) is 4.90 Å². The molecule has 1 aromatic heterocycles. The standard InChI is InChI=1S/C22H18Cl2N2O2/c1-2-26-11-14(9-13-7-8-15(23)10-18(13)24)21-17(12-26)20(22(27)28)16-5-3-4-6-19(16)25-21/h3-10H,2,11-12H2,1H3,(H,27,28)/b14-9+. The summed E-state index contributed by atoms with van der Waals surface area (Å²) < 4.78 is 0. The highest BCUT2D eigenvalue weighted by Crippen LogP contribution is 2.31. The Labute approximate surface area is 173 Å². The van der Waals surface area contributed by atoms with Crippen molar-refractivity contribution in [3.8, 4) is 0 Å². The van der Waals surface area contributed by atoms with Crippen molar-refractivity contribution >= 4 is 51.7 Å². The number of carbonyl (C=O) groups is 1. The molecular weight excluding hydrogens is 395 g/mol. The second-order valence-corrected chi connectivity index (χ2v) is 7.75. The number of aromatic nitrogens is 1. The number of quaternary nitrogens is 1. The zero-order valence-corrected chi connectivity index (χ0v) is 16.8. The molecule has 0 aliphatic carbocycles. The monoisotopic (exact) mass is 412 g/mol. The molecule has 6 heteroatoms. The van der Waals surface area contributed by atoms with E-state index >= 15 is 0 Å². The zero-order chi connectivity index (χ0) is 19.8. The van der Waals surface area contributed by atoms with Gasteiger partial charge in [0.1, 0.15) is 13.1 Å². The Hall–Kier alpha value is -2.40. The summed E-state index contributed by atoms with van der Waals surface area (Å²) in [5, 5.41) is 13.8. The Morgan fingerprint density at radius 3 is 2.71 bits per heavy atom. The fourth-order valence-corrected chi connectivity index (χ4v) is 4.23. The van der Waals surface area contributed by atoms with Gasteiger partial charge in [0.2, 0.25) is 0 Å². The van der Waals surface area contributed by atoms with E-state index in [0.29, 0.717) is 33.2 Å². The van der Waals surface area contributed by atoms with Gasteiger partial charge < -0.3 is 14.8 Å². The quantitative estimate of drug-likeness (QED) is 0.719. The SMILES string of the molecule is CC[NH+]1C/C(=C\c2ccc(Cl)cc2Cl)c2nc3ccccc3c(C(=O)[O-])c2C1. The Balaban J connectivity index is 1.99. The normalized spacial score (nSPS) is 17.7. The van der Waals surface area contributed by atoms with Gasteiger partial charge in [0, 0.05) is 32.1 Å². The minimum atomic E-state index is -1.17. The molecule has 1 N–H and O–H groups in total. The fourth-order valence-electron chi connectivity index (χ4n) is 3.76. The molecule has 1 aliphatic heterocycles. The maximum Gasteiger partial charge on any atom is 0.106 e. The molecule has 3 aromatic rings. The van der Waals surface area contributed by atoms with Crippen molar-refractivity contribution in [3.63, 3.8) is 0 Å². The van der Waals surface area contributed by atoms with E-state index in [-0.39, 0.29) is 5.56 Å². The molecule has 0 amide bonds. The van der Waals surface area contributed by atoms with Gasteiger partial charge >= 0.3 is 0 Å². The van der Waals surface area contributed by atoms with Gasteiger partial charge in [0.25, 0.3) is 0 Å². The van der Waals surface area contributed by atoms with Gasteiger partial charge in [-0.05, 0) is 36.8 Å². The number of carbonyl (C=O) groups excluding carboxylic acids is 1. The molecule has 0 bridgehead atoms. The number of nitrogens with one attached hydrogen (secondary N) is 1. The van der Waals surface area contributed by atoms with Crippen LogP contribution in [0.25, 0.3) is 22.6 Å². The van der Waals surface area contributed by atoms with Crippen molar-refractivity contribution < 1.29 is 14.8 Å². The molecule has 4 nitrogen and oxygen atoms in total. The Morgan fingerprint density at radius 2 is 2.00 bits per heavy atom. The first kappa shape index (κ1) is 18.9. The molecule has 2 aromatic carbocycles. The van der Waals surface area contributed by atoms with Gasteiger partial charge in [-0.3, -0.25) is 0 Å². The molecule has 0 radical (unpaired) electrons. The predicted molar refractivity (Wildman–Crippen MR) is 110 cm³/mol. The van der Waals surface area contributed by atoms with Gasteiger partial charge in [0.05, 0.1) is 23.7 Å². The molecule has 1 unspecified atom stereocenters. The molecule has 0 spiro atoms. The van der Waals surface area contributed by atoms with Crippen LogP contribution in [0, 0.1) is 0 Å². The number of benzene rings is 2. The summed E-state index contributed by atoms with van der Waals surface area (Å²) in [6, 6.07) is 12.6. The Kier molecular flexibility index (Phi) is 5.11. The first-order valence-electron chi connectivity index (χ1n) is 9.10. The summed E-state index contributed by atoms with van der Waals surface area (Å²) in [6.07, 6.45) is 1.98. The van der Waals surface area contributed by atoms with Gasteiger partial charge in [-0.2, -0.15) is 0 Å². The highest BCUT2D eigenvalue weighted by molar-refractivity contribution is 6.35. The number of pyridine rings is 1. The number of hydrogen-bond acceptors (Lipinski definition) is 3. The van der Waals surface area contributed by atoms with Gasteiger partial charge in [-0.25, -0.2) is 4.98 Å². The molecule has 1 aliphatic rings. The number of para-hydroxylation sites is 1. The lowest BCUT2D eigenvalue weighted by Gasteiger charge is -2.29. The van der Waals surface area contributed by atoms with Crippen molar-refractivity contribution in [2.24, 2.45) is 0 Å². The third-order valence-corrected chi connectivity index (χ3v) is 5.72. The highest BCUT2D eigenvalue weighted by Gasteiger charge is 2.28. The molecule has 4 rings (SSSR count). The lowest BCUT2D eigenvalue weighted by Crippen LogP contribution is -3.11. The summed E-state index contributed by atoms with van der Waals surface area (Å²) in [5.41, 5.74) is 4.09. The Morgan fingerprint density at radius 1 is 1.21 bits per heavy atom. The van der Waals surface area contributed by atoms with E-state index in [0.717, 1.165) is 29.8 Å². The zero-order valence-electron chi connectivity index (χ0n) is 15.3. The number of fused-ring (bicyclic) bond motifs is 2. The van der Waals surface area contributed by atoms with Crippen LogP contribution >= 0.6 is 23.2 Å². The van der Waals surface area contributed by atoms with Crippen molar-refractivity contribution in [1.82, 2.24) is 4.98 Å². The van der Waals surface area contributed by atoms with E-state index < -0.39 is 5.97 Å². The number of rotatable bonds is 3. The van der Waals surface area contributed by atoms with E-state index in [1.54, 1.807) is 18.2 Å². The summed E-state index contributed by atoms with van der Waals surface area (Å²) in [6.45, 7) is 4.28. The number of nitrogens with zero attached hydrogens (tertiary/aromatic N) is 1. The second kappa shape index (κ2) is 7.55. The molecule has 2 heterocycles. The summed E-state index contributed by atoms with van der Waals surface area (Å²) in [7, 11) is 0. The lowest BCUT2D eigenvalue weighted by molar-refractivity contribution is -0.905. The number of carboxylic acid groups (broad SMARTS) is 1. The van der Waals surface area contributed by atoms with Gasteiger partial charge in [-0.1, -0.05) is 47.5 Å². The topological polar surface area (TPSA) is 57.5 Å². The summed E-state index contributed by atoms with van der Waals surface area (Å²) in [4.78, 5) is 18.1. The lowest BCUT2D eigenvalue weighted by atomic mass is 9.92. The molecule has 0 saturated heterocycles. The van der Waals surface area contributed by atoms with Crippen LogP contribution in [0.1, 0.15) is 34.1 Å². The summed E-state index contributed by atoms with van der Waals surface area (Å²) in [5.74, 6) is -1.17. The smallest absolute Gasteiger partial charge is 0.106 e. The van der Waals surface area contributed by atoms with E-state index in [2.05, 4.69) is 6.92 Å². The number of halogens is 2. The van der Waals surface area contributed by atoms with Crippen LogP contribution in [-0.2, 0) is 6.54 Å². The third kappa shape index (κ3) is 3.39. The van der Waals surface area contributed by atoms with Crippen LogP contribution in [0.15, 0.2) is 42.5 Å². The van der Waals surface area contributed by atoms with Crippen molar-refractivity contribution in [1.29, 1.82) is 0 Å². The molecule has 28 heavy (non-hydrogen) atoms. The number of hydrogen-bond donors (Lipinski definition) is 1. The number of carboxylic acids is 1. The third-order valence-electron chi connectivity index (χ3n) is 5.16. The van der Waals surface area contributed by atoms with Gasteiger partial charge in [-0.15, -0.1) is 0 Å². The first-order valence-corrected chi connectivity index (χ1v) is 9.86. The maximum atomic E-state index is 12.0. The average molecular weight is 413 g/mol. The van der Waals surface area contributed by atoms with E-state index in [1.807, 2.05) is 30.3 Å². The number of aromatic carboxylic acids is 1. The van der Waals surface area contributed by atoms with Gasteiger partial charge in [0.15, 0.2) is 0 Å². The minimum absolute atomic E-state index is 0.236. The van der Waals surface area contributed by atoms with Crippen LogP contribution < -0.4 is 10.0 Å². The second-order valence-electron chi connectivity index (χ2n) is 6.91. The molecule has 1 atom stereocenters. The molecular formula is C22H18Cl2N2O2. The van der Waals surface area contributed by atoms with Crippen LogP contribution in [0.2, 0.25) is 10.0 Å². The molecule has 0 fully saturated rings. The van der Waals surface area contributed by atoms with Crippen LogP contribution in [0.5, 0.6) is 0 Å². The largest absolute Gasteiger partial charge is 0.545 e. The van der Waals surface area contributed by atoms with Crippen molar-refractivity contribution in [2.75, 3.05) is 13.1 Å². The predicted octanol–water partition coefficient (Wildman–Crippen LogP) is 2.86.